The van der Waals surface area contributed by atoms with Crippen molar-refractivity contribution in [3.8, 4) is 5.75 Å². The Morgan fingerprint density at radius 2 is 1.80 bits per heavy atom. The largest absolute Gasteiger partial charge is 0.492 e. The first-order chi connectivity index (χ1) is 11.9. The van der Waals surface area contributed by atoms with Crippen LogP contribution in [0.5, 0.6) is 5.75 Å². The lowest BCUT2D eigenvalue weighted by Gasteiger charge is -2.14. The van der Waals surface area contributed by atoms with Gasteiger partial charge in [-0.05, 0) is 36.2 Å². The van der Waals surface area contributed by atoms with Crippen LogP contribution in [-0.4, -0.2) is 37.4 Å². The minimum absolute atomic E-state index is 0.114. The van der Waals surface area contributed by atoms with Gasteiger partial charge in [0.15, 0.2) is 0 Å². The Morgan fingerprint density at radius 1 is 1.08 bits per heavy atom. The Labute approximate surface area is 148 Å². The van der Waals surface area contributed by atoms with Gasteiger partial charge in [0, 0.05) is 25.3 Å². The Balaban J connectivity index is 2.18. The van der Waals surface area contributed by atoms with Crippen LogP contribution < -0.4 is 10.1 Å². The van der Waals surface area contributed by atoms with Crippen LogP contribution in [0.4, 0.5) is 5.69 Å². The second kappa shape index (κ2) is 8.33. The van der Waals surface area contributed by atoms with Crippen LogP contribution in [-0.2, 0) is 0 Å². The number of para-hydroxylation sites is 1. The summed E-state index contributed by atoms with van der Waals surface area (Å²) in [7, 11) is 3.38. The monoisotopic (exact) mass is 340 g/mol. The average molecular weight is 340 g/mol. The normalized spacial score (nSPS) is 10.4. The van der Waals surface area contributed by atoms with Crippen LogP contribution in [0, 0.1) is 5.92 Å². The first kappa shape index (κ1) is 18.5. The number of rotatable bonds is 6. The number of nitrogens with zero attached hydrogens (tertiary/aromatic N) is 1. The molecule has 2 amide bonds. The molecule has 0 spiro atoms. The van der Waals surface area contributed by atoms with Crippen molar-refractivity contribution in [1.82, 2.24) is 4.90 Å². The third-order valence-electron chi connectivity index (χ3n) is 3.48. The van der Waals surface area contributed by atoms with Gasteiger partial charge in [-0.2, -0.15) is 0 Å². The van der Waals surface area contributed by atoms with E-state index in [0.717, 1.165) is 0 Å². The molecule has 0 atom stereocenters. The summed E-state index contributed by atoms with van der Waals surface area (Å²) >= 11 is 0. The van der Waals surface area contributed by atoms with E-state index in [2.05, 4.69) is 19.2 Å². The highest BCUT2D eigenvalue weighted by Crippen LogP contribution is 2.21. The molecule has 0 aromatic heterocycles. The summed E-state index contributed by atoms with van der Waals surface area (Å²) in [6, 6.07) is 14.0. The van der Waals surface area contributed by atoms with Gasteiger partial charge < -0.3 is 15.0 Å². The minimum atomic E-state index is -0.270. The van der Waals surface area contributed by atoms with Crippen molar-refractivity contribution in [3.63, 3.8) is 0 Å². The summed E-state index contributed by atoms with van der Waals surface area (Å²) in [6.07, 6.45) is 0. The second-order valence-electron chi connectivity index (χ2n) is 6.44. The van der Waals surface area contributed by atoms with Gasteiger partial charge >= 0.3 is 0 Å². The Hall–Kier alpha value is -2.82. The zero-order valence-corrected chi connectivity index (χ0v) is 15.1. The number of hydrogen-bond acceptors (Lipinski definition) is 3. The van der Waals surface area contributed by atoms with E-state index in [1.54, 1.807) is 56.6 Å². The van der Waals surface area contributed by atoms with Crippen molar-refractivity contribution in [3.05, 3.63) is 59.7 Å². The van der Waals surface area contributed by atoms with Crippen LogP contribution >= 0.6 is 0 Å². The van der Waals surface area contributed by atoms with E-state index in [-0.39, 0.29) is 11.8 Å². The Morgan fingerprint density at radius 3 is 2.48 bits per heavy atom. The summed E-state index contributed by atoms with van der Waals surface area (Å²) in [6.45, 7) is 4.64. The fraction of sp³-hybridized carbons (Fsp3) is 0.300. The molecule has 2 rings (SSSR count). The smallest absolute Gasteiger partial charge is 0.259 e. The molecule has 2 aromatic carbocycles. The zero-order valence-electron chi connectivity index (χ0n) is 15.1. The molecule has 5 nitrogen and oxygen atoms in total. The van der Waals surface area contributed by atoms with Gasteiger partial charge in [0.1, 0.15) is 5.75 Å². The van der Waals surface area contributed by atoms with E-state index in [0.29, 0.717) is 35.1 Å². The molecule has 0 bridgehead atoms. The van der Waals surface area contributed by atoms with Gasteiger partial charge in [-0.25, -0.2) is 0 Å². The SMILES string of the molecule is CC(C)COc1ccccc1C(=O)Nc1cccc(C(=O)N(C)C)c1. The van der Waals surface area contributed by atoms with Gasteiger partial charge in [0.2, 0.25) is 0 Å². The first-order valence-corrected chi connectivity index (χ1v) is 8.23. The van der Waals surface area contributed by atoms with Gasteiger partial charge in [-0.3, -0.25) is 9.59 Å². The van der Waals surface area contributed by atoms with Gasteiger partial charge in [-0.15, -0.1) is 0 Å². The number of carbonyl (C=O) groups is 2. The van der Waals surface area contributed by atoms with Crippen molar-refractivity contribution >= 4 is 17.5 Å². The molecule has 0 saturated carbocycles. The molecule has 0 saturated heterocycles. The lowest BCUT2D eigenvalue weighted by molar-refractivity contribution is 0.0827. The molecule has 132 valence electrons. The number of nitrogens with one attached hydrogen (secondary N) is 1. The van der Waals surface area contributed by atoms with Gasteiger partial charge in [0.05, 0.1) is 12.2 Å². The maximum absolute atomic E-state index is 12.6. The maximum atomic E-state index is 12.6. The zero-order chi connectivity index (χ0) is 18.4. The van der Waals surface area contributed by atoms with Gasteiger partial charge in [-0.1, -0.05) is 32.0 Å². The molecule has 0 aliphatic carbocycles. The molecular weight excluding hydrogens is 316 g/mol. The topological polar surface area (TPSA) is 58.6 Å². The molecule has 5 heteroatoms. The maximum Gasteiger partial charge on any atom is 0.259 e. The molecule has 0 heterocycles. The Kier molecular flexibility index (Phi) is 6.17. The number of anilines is 1. The molecule has 0 radical (unpaired) electrons. The molecular formula is C20H24N2O3. The molecule has 0 fully saturated rings. The summed E-state index contributed by atoms with van der Waals surface area (Å²) in [5, 5.41) is 2.83. The minimum Gasteiger partial charge on any atom is -0.492 e. The standard InChI is InChI=1S/C20H24N2O3/c1-14(2)13-25-18-11-6-5-10-17(18)19(23)21-16-9-7-8-15(12-16)20(24)22(3)4/h5-12,14H,13H2,1-4H3,(H,21,23). The summed E-state index contributed by atoms with van der Waals surface area (Å²) in [4.78, 5) is 26.2. The van der Waals surface area contributed by atoms with Crippen molar-refractivity contribution < 1.29 is 14.3 Å². The molecule has 0 aliphatic heterocycles. The van der Waals surface area contributed by atoms with Crippen LogP contribution in [0.1, 0.15) is 34.6 Å². The highest BCUT2D eigenvalue weighted by molar-refractivity contribution is 6.06. The van der Waals surface area contributed by atoms with Crippen LogP contribution in [0.25, 0.3) is 0 Å². The molecule has 0 aliphatic rings. The van der Waals surface area contributed by atoms with E-state index in [1.165, 1.54) is 4.90 Å². The van der Waals surface area contributed by atoms with Crippen molar-refractivity contribution in [2.24, 2.45) is 5.92 Å². The number of carbonyl (C=O) groups excluding carboxylic acids is 2. The molecule has 0 unspecified atom stereocenters. The third-order valence-corrected chi connectivity index (χ3v) is 3.48. The highest BCUT2D eigenvalue weighted by atomic mass is 16.5. The number of amides is 2. The molecule has 1 N–H and O–H groups in total. The van der Waals surface area contributed by atoms with Crippen molar-refractivity contribution in [2.45, 2.75) is 13.8 Å². The highest BCUT2D eigenvalue weighted by Gasteiger charge is 2.14. The van der Waals surface area contributed by atoms with Gasteiger partial charge in [0.25, 0.3) is 11.8 Å². The van der Waals surface area contributed by atoms with Crippen LogP contribution in [0.15, 0.2) is 48.5 Å². The molecule has 25 heavy (non-hydrogen) atoms. The second-order valence-corrected chi connectivity index (χ2v) is 6.44. The van der Waals surface area contributed by atoms with Crippen LogP contribution in [0.2, 0.25) is 0 Å². The predicted molar refractivity (Wildman–Crippen MR) is 99.2 cm³/mol. The summed E-state index contributed by atoms with van der Waals surface area (Å²) in [5.74, 6) is 0.532. The summed E-state index contributed by atoms with van der Waals surface area (Å²) in [5.41, 5.74) is 1.55. The lowest BCUT2D eigenvalue weighted by Crippen LogP contribution is -2.22. The van der Waals surface area contributed by atoms with E-state index < -0.39 is 0 Å². The van der Waals surface area contributed by atoms with Crippen molar-refractivity contribution in [2.75, 3.05) is 26.0 Å². The molecule has 2 aromatic rings. The number of hydrogen-bond donors (Lipinski definition) is 1. The first-order valence-electron chi connectivity index (χ1n) is 8.23. The quantitative estimate of drug-likeness (QED) is 0.873. The number of ether oxygens (including phenoxy) is 1. The fourth-order valence-corrected chi connectivity index (χ4v) is 2.22. The van der Waals surface area contributed by atoms with E-state index in [1.807, 2.05) is 6.07 Å². The Bertz CT molecular complexity index is 754. The fourth-order valence-electron chi connectivity index (χ4n) is 2.22. The lowest BCUT2D eigenvalue weighted by atomic mass is 10.1. The number of benzene rings is 2. The van der Waals surface area contributed by atoms with E-state index in [9.17, 15) is 9.59 Å². The van der Waals surface area contributed by atoms with E-state index >= 15 is 0 Å². The van der Waals surface area contributed by atoms with Crippen molar-refractivity contribution in [1.29, 1.82) is 0 Å². The predicted octanol–water partition coefficient (Wildman–Crippen LogP) is 3.68. The third kappa shape index (κ3) is 5.08. The van der Waals surface area contributed by atoms with E-state index in [4.69, 9.17) is 4.74 Å². The van der Waals surface area contributed by atoms with Crippen LogP contribution in [0.3, 0.4) is 0 Å². The average Bonchev–Trinajstić information content (AvgIpc) is 2.59. The summed E-state index contributed by atoms with van der Waals surface area (Å²) < 4.78 is 5.73.